The molecule has 154 valence electrons. The van der Waals surface area contributed by atoms with Gasteiger partial charge in [0.05, 0.1) is 12.7 Å². The summed E-state index contributed by atoms with van der Waals surface area (Å²) in [4.78, 5) is 46.8. The van der Waals surface area contributed by atoms with Gasteiger partial charge in [-0.25, -0.2) is 0 Å². The van der Waals surface area contributed by atoms with E-state index >= 15 is 0 Å². The summed E-state index contributed by atoms with van der Waals surface area (Å²) in [6.07, 6.45) is 2.54. The normalized spacial score (nSPS) is 12.4. The number of rotatable bonds is 15. The van der Waals surface area contributed by atoms with Crippen LogP contribution in [0.2, 0.25) is 0 Å². The summed E-state index contributed by atoms with van der Waals surface area (Å²) in [5.74, 6) is -0.256. The Kier molecular flexibility index (Phi) is 12.5. The van der Waals surface area contributed by atoms with Crippen LogP contribution in [0.25, 0.3) is 0 Å². The SMILES string of the molecule is C=C(C)C(=O)NCCOC(CCCCP(=O)(O)O)CCCCP(=O)(O)O. The van der Waals surface area contributed by atoms with Gasteiger partial charge in [0.1, 0.15) is 0 Å². The van der Waals surface area contributed by atoms with E-state index in [2.05, 4.69) is 11.9 Å². The summed E-state index contributed by atoms with van der Waals surface area (Å²) in [7, 11) is -8.00. The third-order valence-corrected chi connectivity index (χ3v) is 5.38. The molecule has 0 aliphatic heterocycles. The monoisotopic (exact) mass is 415 g/mol. The topological polar surface area (TPSA) is 153 Å². The van der Waals surface area contributed by atoms with E-state index in [9.17, 15) is 13.9 Å². The van der Waals surface area contributed by atoms with E-state index in [1.165, 1.54) is 0 Å². The molecule has 0 bridgehead atoms. The molecular formula is C15H31NO8P2. The number of hydrogen-bond acceptors (Lipinski definition) is 4. The molecule has 0 heterocycles. The largest absolute Gasteiger partial charge is 0.376 e. The third kappa shape index (κ3) is 16.9. The average Bonchev–Trinajstić information content (AvgIpc) is 2.48. The molecule has 26 heavy (non-hydrogen) atoms. The van der Waals surface area contributed by atoms with E-state index in [1.54, 1.807) is 6.92 Å². The molecule has 0 aliphatic rings. The fourth-order valence-corrected chi connectivity index (χ4v) is 3.50. The highest BCUT2D eigenvalue weighted by Gasteiger charge is 2.16. The van der Waals surface area contributed by atoms with Gasteiger partial charge >= 0.3 is 15.2 Å². The summed E-state index contributed by atoms with van der Waals surface area (Å²) in [6, 6.07) is 0. The highest BCUT2D eigenvalue weighted by atomic mass is 31.2. The Hall–Kier alpha value is -0.530. The van der Waals surface area contributed by atoms with Crippen molar-refractivity contribution in [2.24, 2.45) is 0 Å². The number of nitrogens with one attached hydrogen (secondary N) is 1. The second kappa shape index (κ2) is 12.8. The summed E-state index contributed by atoms with van der Waals surface area (Å²) in [6.45, 7) is 5.72. The summed E-state index contributed by atoms with van der Waals surface area (Å²) < 4.78 is 27.4. The maximum absolute atomic E-state index is 11.4. The zero-order chi connectivity index (χ0) is 20.2. The number of unbranched alkanes of at least 4 members (excludes halogenated alkanes) is 2. The lowest BCUT2D eigenvalue weighted by molar-refractivity contribution is -0.117. The lowest BCUT2D eigenvalue weighted by Crippen LogP contribution is -2.29. The van der Waals surface area contributed by atoms with Crippen LogP contribution in [0.5, 0.6) is 0 Å². The van der Waals surface area contributed by atoms with Gasteiger partial charge in [-0.3, -0.25) is 13.9 Å². The number of ether oxygens (including phenoxy) is 1. The van der Waals surface area contributed by atoms with Crippen LogP contribution in [0.3, 0.4) is 0 Å². The van der Waals surface area contributed by atoms with Gasteiger partial charge in [0.25, 0.3) is 0 Å². The van der Waals surface area contributed by atoms with E-state index in [-0.39, 0.29) is 30.9 Å². The molecule has 0 fully saturated rings. The van der Waals surface area contributed by atoms with Gasteiger partial charge in [-0.2, -0.15) is 0 Å². The smallest absolute Gasteiger partial charge is 0.325 e. The fraction of sp³-hybridized carbons (Fsp3) is 0.800. The zero-order valence-corrected chi connectivity index (χ0v) is 17.0. The molecule has 0 aromatic rings. The molecule has 0 aromatic carbocycles. The van der Waals surface area contributed by atoms with Crippen molar-refractivity contribution in [3.63, 3.8) is 0 Å². The quantitative estimate of drug-likeness (QED) is 0.154. The van der Waals surface area contributed by atoms with E-state index < -0.39 is 15.2 Å². The molecular weight excluding hydrogens is 384 g/mol. The minimum absolute atomic E-state index is 0.174. The Morgan fingerprint density at radius 3 is 1.85 bits per heavy atom. The minimum Gasteiger partial charge on any atom is -0.376 e. The van der Waals surface area contributed by atoms with Crippen LogP contribution in [0.4, 0.5) is 0 Å². The second-order valence-electron chi connectivity index (χ2n) is 6.30. The molecule has 0 spiro atoms. The van der Waals surface area contributed by atoms with Gasteiger partial charge in [-0.15, -0.1) is 0 Å². The Bertz CT molecular complexity index is 498. The molecule has 0 radical (unpaired) electrons. The van der Waals surface area contributed by atoms with Gasteiger partial charge in [0.2, 0.25) is 5.91 Å². The maximum atomic E-state index is 11.4. The van der Waals surface area contributed by atoms with E-state index in [0.29, 0.717) is 50.6 Å². The van der Waals surface area contributed by atoms with Crippen LogP contribution in [0.1, 0.15) is 45.4 Å². The molecule has 0 rings (SSSR count). The molecule has 5 N–H and O–H groups in total. The maximum Gasteiger partial charge on any atom is 0.325 e. The molecule has 0 atom stereocenters. The highest BCUT2D eigenvalue weighted by molar-refractivity contribution is 7.52. The van der Waals surface area contributed by atoms with Crippen molar-refractivity contribution >= 4 is 21.1 Å². The Morgan fingerprint density at radius 1 is 1.00 bits per heavy atom. The summed E-state index contributed by atoms with van der Waals surface area (Å²) in [5.41, 5.74) is 0.399. The zero-order valence-electron chi connectivity index (χ0n) is 15.2. The Labute approximate surface area is 154 Å². The summed E-state index contributed by atoms with van der Waals surface area (Å²) >= 11 is 0. The molecule has 0 aromatic heterocycles. The first-order chi connectivity index (χ1) is 11.9. The van der Waals surface area contributed by atoms with Gasteiger partial charge in [-0.05, 0) is 32.6 Å². The first kappa shape index (κ1) is 25.5. The number of carbonyl (C=O) groups excluding carboxylic acids is 1. The predicted octanol–water partition coefficient (Wildman–Crippen LogP) is 1.76. The second-order valence-corrected chi connectivity index (χ2v) is 9.85. The molecule has 1 amide bonds. The van der Waals surface area contributed by atoms with Crippen LogP contribution in [-0.2, 0) is 18.7 Å². The standard InChI is InChI=1S/C15H31NO8P2/c1-13(2)15(17)16-9-10-24-14(7-3-5-11-25(18,19)20)8-4-6-12-26(21,22)23/h14H,1,3-12H2,2H3,(H,16,17)(H2,18,19,20)(H2,21,22,23). The highest BCUT2D eigenvalue weighted by Crippen LogP contribution is 2.36. The van der Waals surface area contributed by atoms with Crippen molar-refractivity contribution < 1.29 is 38.2 Å². The van der Waals surface area contributed by atoms with Crippen LogP contribution in [0, 0.1) is 0 Å². The Balaban J connectivity index is 4.21. The van der Waals surface area contributed by atoms with Crippen molar-refractivity contribution in [2.75, 3.05) is 25.5 Å². The minimum atomic E-state index is -4.00. The van der Waals surface area contributed by atoms with Gasteiger partial charge in [0.15, 0.2) is 0 Å². The number of hydrogen-bond donors (Lipinski definition) is 5. The molecule has 0 saturated carbocycles. The van der Waals surface area contributed by atoms with Crippen LogP contribution in [-0.4, -0.2) is 57.1 Å². The fourth-order valence-electron chi connectivity index (χ4n) is 2.23. The molecule has 11 heteroatoms. The van der Waals surface area contributed by atoms with Gasteiger partial charge in [-0.1, -0.05) is 19.4 Å². The van der Waals surface area contributed by atoms with Crippen molar-refractivity contribution in [3.8, 4) is 0 Å². The molecule has 0 unspecified atom stereocenters. The van der Waals surface area contributed by atoms with Crippen molar-refractivity contribution in [1.82, 2.24) is 5.32 Å². The van der Waals surface area contributed by atoms with E-state index in [4.69, 9.17) is 24.3 Å². The molecule has 9 nitrogen and oxygen atoms in total. The van der Waals surface area contributed by atoms with Gasteiger partial charge < -0.3 is 29.6 Å². The van der Waals surface area contributed by atoms with Crippen LogP contribution >= 0.6 is 15.2 Å². The first-order valence-electron chi connectivity index (χ1n) is 8.55. The first-order valence-corrected chi connectivity index (χ1v) is 12.1. The lowest BCUT2D eigenvalue weighted by Gasteiger charge is -2.18. The van der Waals surface area contributed by atoms with Crippen molar-refractivity contribution in [3.05, 3.63) is 12.2 Å². The van der Waals surface area contributed by atoms with Crippen molar-refractivity contribution in [1.29, 1.82) is 0 Å². The molecule has 0 aliphatic carbocycles. The Morgan fingerprint density at radius 2 is 1.46 bits per heavy atom. The van der Waals surface area contributed by atoms with Gasteiger partial charge in [0, 0.05) is 24.4 Å². The number of amides is 1. The molecule has 0 saturated heterocycles. The van der Waals surface area contributed by atoms with Crippen LogP contribution < -0.4 is 5.32 Å². The lowest BCUT2D eigenvalue weighted by atomic mass is 10.1. The van der Waals surface area contributed by atoms with Crippen LogP contribution in [0.15, 0.2) is 12.2 Å². The number of carbonyl (C=O) groups is 1. The van der Waals surface area contributed by atoms with E-state index in [1.807, 2.05) is 0 Å². The van der Waals surface area contributed by atoms with E-state index in [0.717, 1.165) is 0 Å². The summed E-state index contributed by atoms with van der Waals surface area (Å²) in [5, 5.41) is 2.64. The average molecular weight is 415 g/mol. The predicted molar refractivity (Wildman–Crippen MR) is 99.1 cm³/mol. The van der Waals surface area contributed by atoms with Crippen molar-refractivity contribution in [2.45, 2.75) is 51.6 Å². The third-order valence-electron chi connectivity index (χ3n) is 3.58.